The molecule has 0 aliphatic heterocycles. The van der Waals surface area contributed by atoms with Crippen LogP contribution in [0.3, 0.4) is 0 Å². The molecular formula is C21H26N4O4. The van der Waals surface area contributed by atoms with E-state index in [0.29, 0.717) is 44.8 Å². The lowest BCUT2D eigenvalue weighted by atomic mass is 10.2. The monoisotopic (exact) mass is 398 g/mol. The Kier molecular flexibility index (Phi) is 7.43. The second-order valence-corrected chi connectivity index (χ2v) is 6.03. The number of benzene rings is 2. The van der Waals surface area contributed by atoms with Crippen molar-refractivity contribution in [2.45, 2.75) is 6.92 Å². The molecule has 3 aromatic rings. The van der Waals surface area contributed by atoms with Crippen molar-refractivity contribution in [1.82, 2.24) is 14.8 Å². The van der Waals surface area contributed by atoms with E-state index in [4.69, 9.17) is 24.7 Å². The third kappa shape index (κ3) is 5.46. The van der Waals surface area contributed by atoms with Crippen molar-refractivity contribution in [1.29, 1.82) is 0 Å². The van der Waals surface area contributed by atoms with Gasteiger partial charge in [0.25, 0.3) is 0 Å². The minimum Gasteiger partial charge on any atom is -0.497 e. The third-order valence-electron chi connectivity index (χ3n) is 4.07. The van der Waals surface area contributed by atoms with E-state index in [1.807, 2.05) is 55.5 Å². The van der Waals surface area contributed by atoms with Crippen LogP contribution in [0.5, 0.6) is 17.5 Å². The number of nitrogens with zero attached hydrogens (tertiary/aromatic N) is 3. The van der Waals surface area contributed by atoms with Gasteiger partial charge in [0.15, 0.2) is 5.82 Å². The first-order valence-corrected chi connectivity index (χ1v) is 9.50. The molecule has 154 valence electrons. The summed E-state index contributed by atoms with van der Waals surface area (Å²) in [4.78, 5) is 4.57. The fourth-order valence-corrected chi connectivity index (χ4v) is 2.66. The smallest absolute Gasteiger partial charge is 0.336 e. The fourth-order valence-electron chi connectivity index (χ4n) is 2.66. The van der Waals surface area contributed by atoms with Crippen LogP contribution in [0.2, 0.25) is 0 Å². The van der Waals surface area contributed by atoms with E-state index in [9.17, 15) is 0 Å². The van der Waals surface area contributed by atoms with Crippen molar-refractivity contribution >= 4 is 0 Å². The van der Waals surface area contributed by atoms with Crippen LogP contribution >= 0.6 is 0 Å². The normalized spacial score (nSPS) is 10.7. The van der Waals surface area contributed by atoms with Gasteiger partial charge in [0.2, 0.25) is 0 Å². The molecule has 0 bridgehead atoms. The third-order valence-corrected chi connectivity index (χ3v) is 4.07. The SMILES string of the molecule is CCOCCOc1nc(-c2ccc(OCCN)cc2)n(-c2ccc(OC)cc2)n1. The molecule has 0 fully saturated rings. The summed E-state index contributed by atoms with van der Waals surface area (Å²) in [6, 6.07) is 15.5. The summed E-state index contributed by atoms with van der Waals surface area (Å²) in [6.45, 7) is 4.38. The Morgan fingerprint density at radius 3 is 2.28 bits per heavy atom. The highest BCUT2D eigenvalue weighted by atomic mass is 16.5. The molecule has 8 nitrogen and oxygen atoms in total. The first kappa shape index (κ1) is 20.6. The molecule has 3 rings (SSSR count). The summed E-state index contributed by atoms with van der Waals surface area (Å²) in [7, 11) is 1.63. The van der Waals surface area contributed by atoms with Gasteiger partial charge in [0.05, 0.1) is 19.4 Å². The number of aromatic nitrogens is 3. The largest absolute Gasteiger partial charge is 0.497 e. The van der Waals surface area contributed by atoms with Crippen molar-refractivity contribution < 1.29 is 18.9 Å². The highest BCUT2D eigenvalue weighted by Crippen LogP contribution is 2.26. The highest BCUT2D eigenvalue weighted by Gasteiger charge is 2.15. The van der Waals surface area contributed by atoms with Gasteiger partial charge in [0.1, 0.15) is 24.7 Å². The molecule has 0 amide bonds. The molecule has 0 radical (unpaired) electrons. The van der Waals surface area contributed by atoms with Gasteiger partial charge in [-0.15, -0.1) is 5.10 Å². The quantitative estimate of drug-likeness (QED) is 0.496. The first-order valence-electron chi connectivity index (χ1n) is 9.50. The zero-order valence-electron chi connectivity index (χ0n) is 16.7. The Morgan fingerprint density at radius 1 is 0.897 bits per heavy atom. The van der Waals surface area contributed by atoms with Gasteiger partial charge < -0.3 is 24.7 Å². The molecule has 0 aliphatic carbocycles. The molecule has 0 atom stereocenters. The number of methoxy groups -OCH3 is 1. The maximum absolute atomic E-state index is 5.66. The van der Waals surface area contributed by atoms with Crippen LogP contribution in [0.1, 0.15) is 6.92 Å². The number of rotatable bonds is 11. The van der Waals surface area contributed by atoms with Crippen LogP contribution in [0.25, 0.3) is 17.1 Å². The maximum atomic E-state index is 5.66. The first-order chi connectivity index (χ1) is 14.2. The summed E-state index contributed by atoms with van der Waals surface area (Å²) in [6.07, 6.45) is 0. The Labute approximate surface area is 170 Å². The van der Waals surface area contributed by atoms with Gasteiger partial charge in [-0.25, -0.2) is 4.68 Å². The molecular weight excluding hydrogens is 372 g/mol. The van der Waals surface area contributed by atoms with Crippen LogP contribution < -0.4 is 19.9 Å². The highest BCUT2D eigenvalue weighted by molar-refractivity contribution is 5.59. The number of ether oxygens (including phenoxy) is 4. The second kappa shape index (κ2) is 10.4. The molecule has 0 unspecified atom stereocenters. The lowest BCUT2D eigenvalue weighted by Gasteiger charge is -2.08. The maximum Gasteiger partial charge on any atom is 0.336 e. The van der Waals surface area contributed by atoms with E-state index in [1.54, 1.807) is 11.8 Å². The molecule has 2 N–H and O–H groups in total. The lowest BCUT2D eigenvalue weighted by Crippen LogP contribution is -2.10. The van der Waals surface area contributed by atoms with Crippen LogP contribution in [-0.4, -0.2) is 54.8 Å². The Morgan fingerprint density at radius 2 is 1.62 bits per heavy atom. The Bertz CT molecular complexity index is 879. The average molecular weight is 398 g/mol. The standard InChI is InChI=1S/C21H26N4O4/c1-3-27-14-15-29-21-23-20(16-4-8-19(9-5-16)28-13-12-22)25(24-21)17-6-10-18(26-2)11-7-17/h4-11H,3,12-15,22H2,1-2H3. The van der Waals surface area contributed by atoms with Gasteiger partial charge in [-0.3, -0.25) is 0 Å². The van der Waals surface area contributed by atoms with Gasteiger partial charge in [0, 0.05) is 18.7 Å². The van der Waals surface area contributed by atoms with E-state index < -0.39 is 0 Å². The van der Waals surface area contributed by atoms with E-state index in [1.165, 1.54) is 0 Å². The Hall–Kier alpha value is -3.10. The summed E-state index contributed by atoms with van der Waals surface area (Å²) in [5.74, 6) is 2.18. The number of hydrogen-bond donors (Lipinski definition) is 1. The van der Waals surface area contributed by atoms with E-state index >= 15 is 0 Å². The number of nitrogens with two attached hydrogens (primary N) is 1. The van der Waals surface area contributed by atoms with Crippen LogP contribution in [0.4, 0.5) is 0 Å². The molecule has 29 heavy (non-hydrogen) atoms. The predicted molar refractivity (Wildman–Crippen MR) is 110 cm³/mol. The second-order valence-electron chi connectivity index (χ2n) is 6.03. The van der Waals surface area contributed by atoms with Gasteiger partial charge >= 0.3 is 6.01 Å². The molecule has 0 aliphatic rings. The molecule has 2 aromatic carbocycles. The van der Waals surface area contributed by atoms with E-state index in [-0.39, 0.29) is 0 Å². The van der Waals surface area contributed by atoms with Crippen LogP contribution in [0.15, 0.2) is 48.5 Å². The molecule has 0 saturated carbocycles. The van der Waals surface area contributed by atoms with Gasteiger partial charge in [-0.2, -0.15) is 4.98 Å². The summed E-state index contributed by atoms with van der Waals surface area (Å²) < 4.78 is 23.5. The Balaban J connectivity index is 1.89. The zero-order valence-corrected chi connectivity index (χ0v) is 16.7. The fraction of sp³-hybridized carbons (Fsp3) is 0.333. The average Bonchev–Trinajstić information content (AvgIpc) is 3.20. The van der Waals surface area contributed by atoms with E-state index in [2.05, 4.69) is 10.1 Å². The van der Waals surface area contributed by atoms with Crippen LogP contribution in [-0.2, 0) is 4.74 Å². The van der Waals surface area contributed by atoms with Crippen molar-refractivity contribution in [2.24, 2.45) is 5.73 Å². The molecule has 1 heterocycles. The topological polar surface area (TPSA) is 93.7 Å². The van der Waals surface area contributed by atoms with Crippen molar-refractivity contribution in [3.8, 4) is 34.6 Å². The van der Waals surface area contributed by atoms with Gasteiger partial charge in [-0.05, 0) is 55.5 Å². The van der Waals surface area contributed by atoms with Crippen molar-refractivity contribution in [3.63, 3.8) is 0 Å². The summed E-state index contributed by atoms with van der Waals surface area (Å²) in [5, 5.41) is 4.52. The van der Waals surface area contributed by atoms with Crippen LogP contribution in [0, 0.1) is 0 Å². The number of hydrogen-bond acceptors (Lipinski definition) is 7. The molecule has 0 saturated heterocycles. The predicted octanol–water partition coefficient (Wildman–Crippen LogP) is 2.70. The summed E-state index contributed by atoms with van der Waals surface area (Å²) in [5.41, 5.74) is 7.21. The van der Waals surface area contributed by atoms with Crippen molar-refractivity contribution in [3.05, 3.63) is 48.5 Å². The lowest BCUT2D eigenvalue weighted by molar-refractivity contribution is 0.106. The molecule has 8 heteroatoms. The molecule has 1 aromatic heterocycles. The summed E-state index contributed by atoms with van der Waals surface area (Å²) >= 11 is 0. The molecule has 0 spiro atoms. The van der Waals surface area contributed by atoms with Gasteiger partial charge in [-0.1, -0.05) is 0 Å². The van der Waals surface area contributed by atoms with E-state index in [0.717, 1.165) is 22.7 Å². The minimum atomic E-state index is 0.291. The van der Waals surface area contributed by atoms with Crippen molar-refractivity contribution in [2.75, 3.05) is 40.1 Å². The minimum absolute atomic E-state index is 0.291. The zero-order chi connectivity index (χ0) is 20.5.